The third-order valence-corrected chi connectivity index (χ3v) is 10.1. The number of esters is 2. The lowest BCUT2D eigenvalue weighted by Crippen LogP contribution is -2.40. The van der Waals surface area contributed by atoms with Crippen LogP contribution < -0.4 is 0 Å². The Balaban J connectivity index is 4.43. The van der Waals surface area contributed by atoms with Gasteiger partial charge in [0.15, 0.2) is 6.10 Å². The maximum atomic E-state index is 12.8. The Morgan fingerprint density at radius 2 is 0.915 bits per heavy atom. The first-order chi connectivity index (χ1) is 28.6. The number of carbonyl (C=O) groups excluding carboxylic acids is 2. The van der Waals surface area contributed by atoms with Crippen LogP contribution in [0.4, 0.5) is 0 Å². The van der Waals surface area contributed by atoms with E-state index in [2.05, 4.69) is 62.5 Å². The van der Waals surface area contributed by atoms with Crippen molar-refractivity contribution in [1.82, 2.24) is 0 Å². The summed E-state index contributed by atoms with van der Waals surface area (Å²) in [6, 6.07) is 0. The van der Waals surface area contributed by atoms with Crippen LogP contribution in [0.5, 0.6) is 0 Å². The monoisotopic (exact) mass is 833 g/mol. The molecule has 0 spiro atoms. The summed E-state index contributed by atoms with van der Waals surface area (Å²) in [4.78, 5) is 37.1. The van der Waals surface area contributed by atoms with Crippen molar-refractivity contribution in [2.24, 2.45) is 0 Å². The fourth-order valence-electron chi connectivity index (χ4n) is 6.31. The van der Waals surface area contributed by atoms with Gasteiger partial charge in [-0.3, -0.25) is 9.59 Å². The van der Waals surface area contributed by atoms with Crippen LogP contribution in [0.25, 0.3) is 0 Å². The van der Waals surface area contributed by atoms with Crippen molar-refractivity contribution in [3.8, 4) is 0 Å². The summed E-state index contributed by atoms with van der Waals surface area (Å²) >= 11 is 0. The summed E-state index contributed by atoms with van der Waals surface area (Å²) < 4.78 is 22.7. The van der Waals surface area contributed by atoms with E-state index < -0.39 is 24.3 Å². The number of ether oxygens (including phenoxy) is 4. The third kappa shape index (κ3) is 43.2. The van der Waals surface area contributed by atoms with Crippen LogP contribution in [0.1, 0.15) is 194 Å². The second-order valence-electron chi connectivity index (χ2n) is 17.1. The minimum Gasteiger partial charge on any atom is -0.477 e. The average Bonchev–Trinajstić information content (AvgIpc) is 3.19. The zero-order valence-electron chi connectivity index (χ0n) is 38.7. The number of allylic oxidation sites excluding steroid dienone is 8. The number of hydrogen-bond acceptors (Lipinski definition) is 7. The van der Waals surface area contributed by atoms with Gasteiger partial charge in [-0.25, -0.2) is 4.79 Å². The Hall–Kier alpha value is -2.75. The van der Waals surface area contributed by atoms with Crippen molar-refractivity contribution >= 4 is 17.9 Å². The molecule has 0 aliphatic heterocycles. The van der Waals surface area contributed by atoms with Gasteiger partial charge in [0.25, 0.3) is 6.29 Å². The minimum atomic E-state index is -1.51. The predicted molar refractivity (Wildman–Crippen MR) is 244 cm³/mol. The largest absolute Gasteiger partial charge is 0.477 e. The predicted octanol–water partition coefficient (Wildman–Crippen LogP) is 12.8. The molecule has 2 atom stereocenters. The average molecular weight is 833 g/mol. The number of aliphatic carboxylic acids is 1. The van der Waals surface area contributed by atoms with Gasteiger partial charge in [-0.15, -0.1) is 0 Å². The van der Waals surface area contributed by atoms with Gasteiger partial charge in [-0.05, 0) is 77.0 Å². The molecule has 0 saturated carbocycles. The molecule has 0 radical (unpaired) electrons. The standard InChI is InChI=1S/C50H89NO8/c1-6-8-10-12-14-16-18-20-21-22-23-24-25-26-27-29-31-33-35-37-39-41-48(53)59-46(45-58-50(49(54)55)56-43-42-51(3,4)5)44-57-47(52)40-38-36-34-32-30-28-19-17-15-13-11-9-7-2/h17-20,22-23,25-26,46,50H,6-16,21,24,27-45H2,1-5H3/p+1/b19-17-,20-18-,23-22-,26-25-. The molecule has 0 amide bonds. The molecule has 0 saturated heterocycles. The lowest BCUT2D eigenvalue weighted by Gasteiger charge is -2.25. The maximum absolute atomic E-state index is 12.8. The smallest absolute Gasteiger partial charge is 0.361 e. The molecule has 0 fully saturated rings. The van der Waals surface area contributed by atoms with Crippen LogP contribution in [-0.2, 0) is 33.3 Å². The Morgan fingerprint density at radius 1 is 0.508 bits per heavy atom. The Labute approximate surface area is 362 Å². The molecule has 0 aliphatic carbocycles. The number of carboxylic acids is 1. The SMILES string of the molecule is CCCCCC/C=C\CCCCCCCC(=O)OCC(COC(OCC[N+](C)(C)C)C(=O)O)OC(=O)CCCCCCCC/C=C\C/C=C\C/C=C\CCCCCCC. The van der Waals surface area contributed by atoms with Crippen molar-refractivity contribution in [2.75, 3.05) is 47.5 Å². The number of carbonyl (C=O) groups is 3. The van der Waals surface area contributed by atoms with E-state index in [-0.39, 0.29) is 38.6 Å². The van der Waals surface area contributed by atoms with Crippen molar-refractivity contribution in [3.63, 3.8) is 0 Å². The van der Waals surface area contributed by atoms with Crippen molar-refractivity contribution < 1.29 is 42.9 Å². The number of unbranched alkanes of at least 4 members (excludes halogenated alkanes) is 20. The topological polar surface area (TPSA) is 108 Å². The fraction of sp³-hybridized carbons (Fsp3) is 0.780. The van der Waals surface area contributed by atoms with Gasteiger partial charge >= 0.3 is 17.9 Å². The van der Waals surface area contributed by atoms with Gasteiger partial charge < -0.3 is 28.5 Å². The maximum Gasteiger partial charge on any atom is 0.361 e. The highest BCUT2D eigenvalue weighted by Crippen LogP contribution is 2.13. The molecule has 0 aromatic rings. The highest BCUT2D eigenvalue weighted by Gasteiger charge is 2.25. The molecule has 0 rings (SSSR count). The first kappa shape index (κ1) is 56.2. The molecule has 0 aromatic heterocycles. The Bertz CT molecular complexity index is 1110. The van der Waals surface area contributed by atoms with E-state index in [4.69, 9.17) is 18.9 Å². The van der Waals surface area contributed by atoms with E-state index in [0.29, 0.717) is 17.4 Å². The molecular weight excluding hydrogens is 743 g/mol. The normalized spacial score (nSPS) is 13.3. The van der Waals surface area contributed by atoms with Crippen LogP contribution in [0.3, 0.4) is 0 Å². The van der Waals surface area contributed by atoms with E-state index in [1.807, 2.05) is 21.1 Å². The molecule has 1 N–H and O–H groups in total. The Kier molecular flexibility index (Phi) is 40.0. The number of likely N-dealkylation sites (N-methyl/N-ethyl adjacent to an activating group) is 1. The van der Waals surface area contributed by atoms with Crippen LogP contribution in [0.15, 0.2) is 48.6 Å². The van der Waals surface area contributed by atoms with Crippen LogP contribution >= 0.6 is 0 Å². The molecule has 9 heteroatoms. The minimum absolute atomic E-state index is 0.182. The zero-order chi connectivity index (χ0) is 43.5. The lowest BCUT2D eigenvalue weighted by molar-refractivity contribution is -0.870. The van der Waals surface area contributed by atoms with Gasteiger partial charge in [0.05, 0.1) is 34.4 Å². The second kappa shape index (κ2) is 42.0. The number of nitrogens with zero attached hydrogens (tertiary/aromatic N) is 1. The van der Waals surface area contributed by atoms with E-state index in [9.17, 15) is 19.5 Å². The highest BCUT2D eigenvalue weighted by molar-refractivity contribution is 5.71. The molecule has 0 bridgehead atoms. The Morgan fingerprint density at radius 3 is 1.39 bits per heavy atom. The van der Waals surface area contributed by atoms with E-state index in [1.165, 1.54) is 70.6 Å². The molecule has 342 valence electrons. The molecule has 2 unspecified atom stereocenters. The van der Waals surface area contributed by atoms with Crippen molar-refractivity contribution in [3.05, 3.63) is 48.6 Å². The van der Waals surface area contributed by atoms with Crippen molar-refractivity contribution in [1.29, 1.82) is 0 Å². The van der Waals surface area contributed by atoms with E-state index >= 15 is 0 Å². The van der Waals surface area contributed by atoms with Gasteiger partial charge in [0, 0.05) is 12.8 Å². The number of rotatable bonds is 43. The van der Waals surface area contributed by atoms with Crippen molar-refractivity contribution in [2.45, 2.75) is 206 Å². The number of carboxylic acid groups (broad SMARTS) is 1. The molecule has 0 aliphatic rings. The van der Waals surface area contributed by atoms with E-state index in [0.717, 1.165) is 89.9 Å². The second-order valence-corrected chi connectivity index (χ2v) is 17.1. The quantitative estimate of drug-likeness (QED) is 0.0213. The van der Waals surface area contributed by atoms with E-state index in [1.54, 1.807) is 0 Å². The van der Waals surface area contributed by atoms with Crippen LogP contribution in [0.2, 0.25) is 0 Å². The molecule has 59 heavy (non-hydrogen) atoms. The van der Waals surface area contributed by atoms with Gasteiger partial charge in [-0.1, -0.05) is 152 Å². The molecule has 0 aromatic carbocycles. The summed E-state index contributed by atoms with van der Waals surface area (Å²) in [5, 5.41) is 9.64. The summed E-state index contributed by atoms with van der Waals surface area (Å²) in [5.41, 5.74) is 0. The fourth-order valence-corrected chi connectivity index (χ4v) is 6.31. The van der Waals surface area contributed by atoms with Gasteiger partial charge in [-0.2, -0.15) is 0 Å². The van der Waals surface area contributed by atoms with Gasteiger partial charge in [0.1, 0.15) is 13.2 Å². The number of quaternary nitrogens is 1. The molecule has 9 nitrogen and oxygen atoms in total. The van der Waals surface area contributed by atoms with Crippen LogP contribution in [0, 0.1) is 0 Å². The molecule has 0 heterocycles. The summed E-state index contributed by atoms with van der Waals surface area (Å²) in [6.07, 6.45) is 45.9. The first-order valence-corrected chi connectivity index (χ1v) is 23.8. The lowest BCUT2D eigenvalue weighted by atomic mass is 10.1. The third-order valence-electron chi connectivity index (χ3n) is 10.1. The first-order valence-electron chi connectivity index (χ1n) is 23.8. The summed E-state index contributed by atoms with van der Waals surface area (Å²) in [6.45, 7) is 4.81. The number of hydrogen-bond donors (Lipinski definition) is 1. The van der Waals surface area contributed by atoms with Crippen LogP contribution in [-0.4, -0.2) is 87.4 Å². The molecular formula is C50H90NO8+. The zero-order valence-corrected chi connectivity index (χ0v) is 38.7. The summed E-state index contributed by atoms with van der Waals surface area (Å²) in [7, 11) is 5.95. The summed E-state index contributed by atoms with van der Waals surface area (Å²) in [5.74, 6) is -2.04. The van der Waals surface area contributed by atoms with Gasteiger partial charge in [0.2, 0.25) is 0 Å². The highest BCUT2D eigenvalue weighted by atomic mass is 16.7.